The maximum atomic E-state index is 12.2. The van der Waals surface area contributed by atoms with Crippen LogP contribution in [-0.4, -0.2) is 51.6 Å². The molecule has 0 spiro atoms. The lowest BCUT2D eigenvalue weighted by Gasteiger charge is -2.19. The second-order valence-electron chi connectivity index (χ2n) is 4.20. The molecule has 0 aliphatic rings. The van der Waals surface area contributed by atoms with Gasteiger partial charge in [-0.05, 0) is 25.1 Å². The van der Waals surface area contributed by atoms with Crippen molar-refractivity contribution >= 4 is 21.7 Å². The molecule has 0 aliphatic carbocycles. The highest BCUT2D eigenvalue weighted by Gasteiger charge is 2.19. The largest absolute Gasteiger partial charge is 0.468 e. The summed E-state index contributed by atoms with van der Waals surface area (Å²) in [6, 6.07) is 5.73. The molecular weight excluding hydrogens is 282 g/mol. The first-order valence-corrected chi connectivity index (χ1v) is 7.85. The second-order valence-corrected chi connectivity index (χ2v) is 6.21. The van der Waals surface area contributed by atoms with Crippen LogP contribution in [0.2, 0.25) is 0 Å². The van der Waals surface area contributed by atoms with Gasteiger partial charge in [0.15, 0.2) is 9.84 Å². The summed E-state index contributed by atoms with van der Waals surface area (Å²) in [6.07, 6.45) is 1.07. The molecule has 0 unspecified atom stereocenters. The lowest BCUT2D eigenvalue weighted by molar-refractivity contribution is -0.141. The first kappa shape index (κ1) is 16.2. The molecule has 0 fully saturated rings. The lowest BCUT2D eigenvalue weighted by Crippen LogP contribution is -2.36. The highest BCUT2D eigenvalue weighted by molar-refractivity contribution is 7.90. The van der Waals surface area contributed by atoms with Gasteiger partial charge in [0.1, 0.15) is 6.54 Å². The van der Waals surface area contributed by atoms with Crippen LogP contribution in [0.5, 0.6) is 0 Å². The van der Waals surface area contributed by atoms with Crippen LogP contribution in [0.4, 0.5) is 0 Å². The number of amides is 1. The van der Waals surface area contributed by atoms with Crippen molar-refractivity contribution in [2.45, 2.75) is 11.8 Å². The van der Waals surface area contributed by atoms with Crippen molar-refractivity contribution in [1.29, 1.82) is 0 Å². The number of carbonyl (C=O) groups is 2. The highest BCUT2D eigenvalue weighted by atomic mass is 32.2. The normalized spacial score (nSPS) is 10.9. The molecule has 20 heavy (non-hydrogen) atoms. The third-order valence-corrected chi connectivity index (χ3v) is 3.84. The van der Waals surface area contributed by atoms with Gasteiger partial charge in [-0.2, -0.15) is 0 Å². The van der Waals surface area contributed by atoms with Gasteiger partial charge in [0.05, 0.1) is 12.0 Å². The number of methoxy groups -OCH3 is 1. The summed E-state index contributed by atoms with van der Waals surface area (Å²) in [4.78, 5) is 24.8. The second kappa shape index (κ2) is 6.51. The fraction of sp³-hybridized carbons (Fsp3) is 0.385. The van der Waals surface area contributed by atoms with E-state index < -0.39 is 21.7 Å². The van der Waals surface area contributed by atoms with E-state index in [1.165, 1.54) is 36.3 Å². The minimum absolute atomic E-state index is 0.0671. The third kappa shape index (κ3) is 4.06. The molecule has 0 heterocycles. The van der Waals surface area contributed by atoms with Crippen LogP contribution in [0, 0.1) is 0 Å². The van der Waals surface area contributed by atoms with Crippen molar-refractivity contribution in [3.8, 4) is 0 Å². The average molecular weight is 299 g/mol. The number of benzene rings is 1. The van der Waals surface area contributed by atoms with Crippen LogP contribution in [-0.2, 0) is 19.4 Å². The summed E-state index contributed by atoms with van der Waals surface area (Å²) in [5.41, 5.74) is 0.221. The van der Waals surface area contributed by atoms with E-state index in [1.807, 2.05) is 0 Å². The van der Waals surface area contributed by atoms with Crippen molar-refractivity contribution in [2.75, 3.05) is 26.5 Å². The molecule has 1 aromatic carbocycles. The smallest absolute Gasteiger partial charge is 0.325 e. The molecule has 0 N–H and O–H groups in total. The fourth-order valence-electron chi connectivity index (χ4n) is 1.59. The first-order chi connectivity index (χ1) is 9.29. The Hall–Kier alpha value is -1.89. The molecule has 110 valence electrons. The highest BCUT2D eigenvalue weighted by Crippen LogP contribution is 2.13. The van der Waals surface area contributed by atoms with E-state index in [-0.39, 0.29) is 17.0 Å². The van der Waals surface area contributed by atoms with Gasteiger partial charge < -0.3 is 9.64 Å². The summed E-state index contributed by atoms with van der Waals surface area (Å²) in [6.45, 7) is 1.87. The molecule has 0 bridgehead atoms. The summed E-state index contributed by atoms with van der Waals surface area (Å²) < 4.78 is 27.5. The zero-order chi connectivity index (χ0) is 15.3. The van der Waals surface area contributed by atoms with Crippen LogP contribution < -0.4 is 0 Å². The number of sulfone groups is 1. The Morgan fingerprint density at radius 3 is 2.45 bits per heavy atom. The van der Waals surface area contributed by atoms with Gasteiger partial charge in [0.2, 0.25) is 0 Å². The van der Waals surface area contributed by atoms with E-state index in [4.69, 9.17) is 0 Å². The molecule has 0 atom stereocenters. The summed E-state index contributed by atoms with van der Waals surface area (Å²) in [5, 5.41) is 0. The number of nitrogens with zero attached hydrogens (tertiary/aromatic N) is 1. The van der Waals surface area contributed by atoms with Crippen molar-refractivity contribution in [3.05, 3.63) is 29.8 Å². The van der Waals surface area contributed by atoms with Crippen molar-refractivity contribution in [2.24, 2.45) is 0 Å². The van der Waals surface area contributed by atoms with E-state index in [0.29, 0.717) is 6.54 Å². The van der Waals surface area contributed by atoms with Crippen LogP contribution in [0.3, 0.4) is 0 Å². The molecule has 7 heteroatoms. The number of esters is 1. The molecule has 1 aromatic rings. The lowest BCUT2D eigenvalue weighted by atomic mass is 10.2. The Balaban J connectivity index is 3.04. The standard InChI is InChI=1S/C13H17NO5S/c1-4-14(9-12(15)19-2)13(16)10-6-5-7-11(8-10)20(3,17)18/h5-8H,4,9H2,1-3H3. The van der Waals surface area contributed by atoms with E-state index in [9.17, 15) is 18.0 Å². The van der Waals surface area contributed by atoms with Gasteiger partial charge in [-0.15, -0.1) is 0 Å². The molecule has 1 amide bonds. The van der Waals surface area contributed by atoms with Crippen LogP contribution in [0.25, 0.3) is 0 Å². The predicted molar refractivity (Wildman–Crippen MR) is 73.1 cm³/mol. The van der Waals surface area contributed by atoms with E-state index in [1.54, 1.807) is 6.92 Å². The quantitative estimate of drug-likeness (QED) is 0.749. The maximum absolute atomic E-state index is 12.2. The maximum Gasteiger partial charge on any atom is 0.325 e. The van der Waals surface area contributed by atoms with Gasteiger partial charge >= 0.3 is 5.97 Å². The topological polar surface area (TPSA) is 80.8 Å². The zero-order valence-corrected chi connectivity index (χ0v) is 12.4. The summed E-state index contributed by atoms with van der Waals surface area (Å²) >= 11 is 0. The Morgan fingerprint density at radius 1 is 1.30 bits per heavy atom. The van der Waals surface area contributed by atoms with Crippen molar-refractivity contribution in [1.82, 2.24) is 4.90 Å². The molecule has 0 saturated heterocycles. The molecule has 0 aliphatic heterocycles. The number of rotatable bonds is 5. The molecule has 6 nitrogen and oxygen atoms in total. The summed E-state index contributed by atoms with van der Waals surface area (Å²) in [5.74, 6) is -0.942. The predicted octanol–water partition coefficient (Wildman–Crippen LogP) is 0.725. The SMILES string of the molecule is CCN(CC(=O)OC)C(=O)c1cccc(S(C)(=O)=O)c1. The minimum atomic E-state index is -3.38. The Labute approximate surface area is 118 Å². The first-order valence-electron chi connectivity index (χ1n) is 5.95. The number of hydrogen-bond acceptors (Lipinski definition) is 5. The van der Waals surface area contributed by atoms with Crippen molar-refractivity contribution in [3.63, 3.8) is 0 Å². The Morgan fingerprint density at radius 2 is 1.95 bits per heavy atom. The molecule has 1 rings (SSSR count). The molecule has 0 radical (unpaired) electrons. The number of hydrogen-bond donors (Lipinski definition) is 0. The molecule has 0 saturated carbocycles. The minimum Gasteiger partial charge on any atom is -0.468 e. The molecule has 0 aromatic heterocycles. The number of carbonyl (C=O) groups excluding carboxylic acids is 2. The van der Waals surface area contributed by atoms with E-state index in [0.717, 1.165) is 6.26 Å². The zero-order valence-electron chi connectivity index (χ0n) is 11.6. The van der Waals surface area contributed by atoms with Gasteiger partial charge in [-0.25, -0.2) is 8.42 Å². The van der Waals surface area contributed by atoms with Gasteiger partial charge in [0.25, 0.3) is 5.91 Å². The van der Waals surface area contributed by atoms with Gasteiger partial charge in [-0.3, -0.25) is 9.59 Å². The molecular formula is C13H17NO5S. The monoisotopic (exact) mass is 299 g/mol. The third-order valence-electron chi connectivity index (χ3n) is 2.73. The van der Waals surface area contributed by atoms with Crippen LogP contribution in [0.15, 0.2) is 29.2 Å². The number of ether oxygens (including phenoxy) is 1. The Bertz CT molecular complexity index is 609. The van der Waals surface area contributed by atoms with Crippen molar-refractivity contribution < 1.29 is 22.7 Å². The van der Waals surface area contributed by atoms with Gasteiger partial charge in [0, 0.05) is 18.4 Å². The van der Waals surface area contributed by atoms with E-state index in [2.05, 4.69) is 4.74 Å². The summed E-state index contributed by atoms with van der Waals surface area (Å²) in [7, 11) is -2.14. The van der Waals surface area contributed by atoms with E-state index >= 15 is 0 Å². The van der Waals surface area contributed by atoms with Crippen LogP contribution in [0.1, 0.15) is 17.3 Å². The van der Waals surface area contributed by atoms with Crippen LogP contribution >= 0.6 is 0 Å². The average Bonchev–Trinajstić information content (AvgIpc) is 2.42. The van der Waals surface area contributed by atoms with Gasteiger partial charge in [-0.1, -0.05) is 6.07 Å². The Kier molecular flexibility index (Phi) is 5.26. The number of likely N-dealkylation sites (N-methyl/N-ethyl adjacent to an activating group) is 1. The fourth-order valence-corrected chi connectivity index (χ4v) is 2.26.